The van der Waals surface area contributed by atoms with E-state index in [0.29, 0.717) is 19.0 Å². The van der Waals surface area contributed by atoms with E-state index in [1.165, 1.54) is 0 Å². The lowest BCUT2D eigenvalue weighted by Gasteiger charge is -2.15. The summed E-state index contributed by atoms with van der Waals surface area (Å²) in [6.45, 7) is 2.35. The molecule has 2 heterocycles. The summed E-state index contributed by atoms with van der Waals surface area (Å²) in [7, 11) is 0. The third-order valence-electron chi connectivity index (χ3n) is 2.54. The van der Waals surface area contributed by atoms with Crippen molar-refractivity contribution in [3.05, 3.63) is 0 Å². The highest BCUT2D eigenvalue weighted by atomic mass is 16.5. The zero-order chi connectivity index (χ0) is 12.1. The summed E-state index contributed by atoms with van der Waals surface area (Å²) >= 11 is 0. The highest BCUT2D eigenvalue weighted by molar-refractivity contribution is 5.36. The zero-order valence-electron chi connectivity index (χ0n) is 9.67. The molecule has 0 unspecified atom stereocenters. The Hall–Kier alpha value is -1.63. The molecular formula is C10H17N5O2. The van der Waals surface area contributed by atoms with Crippen LogP contribution in [0.1, 0.15) is 19.3 Å². The summed E-state index contributed by atoms with van der Waals surface area (Å²) in [4.78, 5) is 14.3. The Morgan fingerprint density at radius 2 is 2.00 bits per heavy atom. The SMILES string of the molecule is Nc1nc(OCCCO)nc(N2CCCC2)n1. The summed E-state index contributed by atoms with van der Waals surface area (Å²) in [6.07, 6.45) is 2.84. The van der Waals surface area contributed by atoms with Gasteiger partial charge in [0.2, 0.25) is 11.9 Å². The van der Waals surface area contributed by atoms with Gasteiger partial charge in [0.15, 0.2) is 0 Å². The Kier molecular flexibility index (Phi) is 3.92. The summed E-state index contributed by atoms with van der Waals surface area (Å²) in [5, 5.41) is 8.66. The van der Waals surface area contributed by atoms with E-state index in [1.807, 2.05) is 0 Å². The van der Waals surface area contributed by atoms with Crippen molar-refractivity contribution in [3.8, 4) is 6.01 Å². The van der Waals surface area contributed by atoms with Crippen LogP contribution in [0.3, 0.4) is 0 Å². The van der Waals surface area contributed by atoms with Crippen molar-refractivity contribution in [3.63, 3.8) is 0 Å². The lowest BCUT2D eigenvalue weighted by Crippen LogP contribution is -2.21. The lowest BCUT2D eigenvalue weighted by atomic mass is 10.4. The molecule has 0 aromatic carbocycles. The molecule has 0 spiro atoms. The minimum absolute atomic E-state index is 0.0829. The van der Waals surface area contributed by atoms with E-state index in [-0.39, 0.29) is 18.6 Å². The number of nitrogens with two attached hydrogens (primary N) is 1. The molecule has 2 rings (SSSR count). The number of aromatic nitrogens is 3. The first kappa shape index (κ1) is 11.8. The molecule has 0 saturated carbocycles. The number of aliphatic hydroxyl groups excluding tert-OH is 1. The minimum atomic E-state index is 0.0829. The molecule has 0 atom stereocenters. The van der Waals surface area contributed by atoms with Crippen LogP contribution in [0.2, 0.25) is 0 Å². The van der Waals surface area contributed by atoms with Crippen LogP contribution in [0.15, 0.2) is 0 Å². The standard InChI is InChI=1S/C10H17N5O2/c11-8-12-9(15-4-1-2-5-15)14-10(13-8)17-7-3-6-16/h16H,1-7H2,(H2,11,12,13,14). The van der Waals surface area contributed by atoms with E-state index in [4.69, 9.17) is 15.6 Å². The van der Waals surface area contributed by atoms with Crippen LogP contribution in [0, 0.1) is 0 Å². The summed E-state index contributed by atoms with van der Waals surface area (Å²) in [5.74, 6) is 0.745. The van der Waals surface area contributed by atoms with Gasteiger partial charge in [-0.25, -0.2) is 0 Å². The first-order chi connectivity index (χ1) is 8.29. The second-order valence-corrected chi connectivity index (χ2v) is 3.90. The zero-order valence-corrected chi connectivity index (χ0v) is 9.67. The quantitative estimate of drug-likeness (QED) is 0.687. The largest absolute Gasteiger partial charge is 0.463 e. The first-order valence-electron chi connectivity index (χ1n) is 5.80. The Morgan fingerprint density at radius 1 is 1.24 bits per heavy atom. The van der Waals surface area contributed by atoms with Crippen LogP contribution in [-0.2, 0) is 0 Å². The van der Waals surface area contributed by atoms with Crippen molar-refractivity contribution < 1.29 is 9.84 Å². The fraction of sp³-hybridized carbons (Fsp3) is 0.700. The van der Waals surface area contributed by atoms with Crippen molar-refractivity contribution in [2.45, 2.75) is 19.3 Å². The van der Waals surface area contributed by atoms with Gasteiger partial charge in [-0.05, 0) is 12.8 Å². The van der Waals surface area contributed by atoms with E-state index in [0.717, 1.165) is 25.9 Å². The maximum Gasteiger partial charge on any atom is 0.323 e. The molecule has 1 aliphatic heterocycles. The van der Waals surface area contributed by atoms with Crippen LogP contribution in [0.5, 0.6) is 6.01 Å². The molecule has 1 saturated heterocycles. The van der Waals surface area contributed by atoms with Gasteiger partial charge in [-0.3, -0.25) is 0 Å². The molecule has 7 nitrogen and oxygen atoms in total. The fourth-order valence-electron chi connectivity index (χ4n) is 1.71. The molecule has 1 aromatic rings. The Labute approximate surface area is 99.6 Å². The maximum absolute atomic E-state index is 8.66. The lowest BCUT2D eigenvalue weighted by molar-refractivity contribution is 0.224. The van der Waals surface area contributed by atoms with Crippen molar-refractivity contribution in [2.24, 2.45) is 0 Å². The molecule has 0 amide bonds. The molecule has 0 aliphatic carbocycles. The van der Waals surface area contributed by atoms with Crippen molar-refractivity contribution in [2.75, 3.05) is 36.9 Å². The van der Waals surface area contributed by atoms with Crippen molar-refractivity contribution >= 4 is 11.9 Å². The second kappa shape index (κ2) is 5.62. The van der Waals surface area contributed by atoms with Crippen LogP contribution in [0.4, 0.5) is 11.9 Å². The van der Waals surface area contributed by atoms with E-state index < -0.39 is 0 Å². The topological polar surface area (TPSA) is 97.4 Å². The van der Waals surface area contributed by atoms with Gasteiger partial charge in [-0.15, -0.1) is 0 Å². The van der Waals surface area contributed by atoms with Crippen LogP contribution < -0.4 is 15.4 Å². The van der Waals surface area contributed by atoms with Gasteiger partial charge in [0.25, 0.3) is 0 Å². The number of rotatable bonds is 5. The predicted octanol–water partition coefficient (Wildman–Crippen LogP) is -0.185. The molecule has 0 radical (unpaired) electrons. The van der Waals surface area contributed by atoms with Crippen LogP contribution >= 0.6 is 0 Å². The third kappa shape index (κ3) is 3.16. The second-order valence-electron chi connectivity index (χ2n) is 3.90. The highest BCUT2D eigenvalue weighted by Gasteiger charge is 2.17. The van der Waals surface area contributed by atoms with Crippen LogP contribution in [-0.4, -0.2) is 46.4 Å². The number of nitrogens with zero attached hydrogens (tertiary/aromatic N) is 4. The molecular weight excluding hydrogens is 222 g/mol. The first-order valence-corrected chi connectivity index (χ1v) is 5.80. The smallest absolute Gasteiger partial charge is 0.323 e. The average molecular weight is 239 g/mol. The monoisotopic (exact) mass is 239 g/mol. The molecule has 1 fully saturated rings. The van der Waals surface area contributed by atoms with Gasteiger partial charge in [-0.2, -0.15) is 15.0 Å². The maximum atomic E-state index is 8.66. The predicted molar refractivity (Wildman–Crippen MR) is 62.9 cm³/mol. The van der Waals surface area contributed by atoms with Gasteiger partial charge in [-0.1, -0.05) is 0 Å². The van der Waals surface area contributed by atoms with E-state index in [2.05, 4.69) is 19.9 Å². The van der Waals surface area contributed by atoms with Gasteiger partial charge in [0, 0.05) is 26.1 Å². The minimum Gasteiger partial charge on any atom is -0.463 e. The number of aliphatic hydroxyl groups is 1. The molecule has 3 N–H and O–H groups in total. The number of hydrogen-bond acceptors (Lipinski definition) is 7. The number of anilines is 2. The average Bonchev–Trinajstić information content (AvgIpc) is 2.82. The number of nitrogen functional groups attached to an aromatic ring is 1. The van der Waals surface area contributed by atoms with Gasteiger partial charge < -0.3 is 20.5 Å². The van der Waals surface area contributed by atoms with Gasteiger partial charge in [0.05, 0.1) is 6.61 Å². The Morgan fingerprint density at radius 3 is 2.71 bits per heavy atom. The van der Waals surface area contributed by atoms with Crippen molar-refractivity contribution in [1.82, 2.24) is 15.0 Å². The van der Waals surface area contributed by atoms with E-state index in [9.17, 15) is 0 Å². The van der Waals surface area contributed by atoms with E-state index in [1.54, 1.807) is 0 Å². The van der Waals surface area contributed by atoms with E-state index >= 15 is 0 Å². The molecule has 17 heavy (non-hydrogen) atoms. The highest BCUT2D eigenvalue weighted by Crippen LogP contribution is 2.18. The summed E-state index contributed by atoms with van der Waals surface area (Å²) in [6, 6.07) is 0.229. The van der Waals surface area contributed by atoms with Crippen molar-refractivity contribution in [1.29, 1.82) is 0 Å². The normalized spacial score (nSPS) is 15.2. The van der Waals surface area contributed by atoms with Gasteiger partial charge in [0.1, 0.15) is 0 Å². The fourth-order valence-corrected chi connectivity index (χ4v) is 1.71. The molecule has 7 heteroatoms. The Balaban J connectivity index is 2.05. The summed E-state index contributed by atoms with van der Waals surface area (Å²) < 4.78 is 5.30. The van der Waals surface area contributed by atoms with Crippen LogP contribution in [0.25, 0.3) is 0 Å². The van der Waals surface area contributed by atoms with Gasteiger partial charge >= 0.3 is 6.01 Å². The molecule has 1 aromatic heterocycles. The molecule has 0 bridgehead atoms. The molecule has 1 aliphatic rings. The Bertz CT molecular complexity index is 368. The number of ether oxygens (including phenoxy) is 1. The third-order valence-corrected chi connectivity index (χ3v) is 2.54. The molecule has 94 valence electrons. The summed E-state index contributed by atoms with van der Waals surface area (Å²) in [5.41, 5.74) is 5.61. The number of hydrogen-bond donors (Lipinski definition) is 2.